The number of rotatable bonds is 8. The molecule has 1 saturated heterocycles. The van der Waals surface area contributed by atoms with Gasteiger partial charge in [-0.15, -0.1) is 0 Å². The number of nitrogens with zero attached hydrogens (tertiary/aromatic N) is 4. The van der Waals surface area contributed by atoms with Gasteiger partial charge in [0.25, 0.3) is 0 Å². The summed E-state index contributed by atoms with van der Waals surface area (Å²) in [7, 11) is 2.18. The van der Waals surface area contributed by atoms with E-state index in [9.17, 15) is 0 Å². The molecule has 2 aliphatic rings. The van der Waals surface area contributed by atoms with Gasteiger partial charge in [0.1, 0.15) is 5.84 Å². The Hall–Kier alpha value is -2.21. The maximum Gasteiger partial charge on any atom is 0.104 e. The number of amidine groups is 1. The molecule has 0 spiro atoms. The lowest BCUT2D eigenvalue weighted by Gasteiger charge is -2.36. The molecule has 29 heavy (non-hydrogen) atoms. The molecule has 0 saturated carbocycles. The SMILES string of the molecule is CCCCC1=NCC(N)=C(c2cc(N3CCN(C)CC3)ccc2N)N1CCCC. The minimum Gasteiger partial charge on any atom is -0.399 e. The Bertz CT molecular complexity index is 746. The minimum atomic E-state index is 0.565. The lowest BCUT2D eigenvalue weighted by Crippen LogP contribution is -2.44. The van der Waals surface area contributed by atoms with Crippen LogP contribution in [0, 0.1) is 0 Å². The van der Waals surface area contributed by atoms with Crippen LogP contribution in [-0.2, 0) is 0 Å². The molecule has 2 aliphatic heterocycles. The van der Waals surface area contributed by atoms with E-state index in [0.717, 1.165) is 93.3 Å². The molecule has 6 heteroatoms. The van der Waals surface area contributed by atoms with Crippen LogP contribution >= 0.6 is 0 Å². The molecular weight excluding hydrogens is 360 g/mol. The summed E-state index contributed by atoms with van der Waals surface area (Å²) in [5.74, 6) is 1.16. The molecule has 0 atom stereocenters. The maximum atomic E-state index is 6.53. The van der Waals surface area contributed by atoms with Crippen LogP contribution in [0.15, 0.2) is 28.9 Å². The van der Waals surface area contributed by atoms with E-state index in [1.54, 1.807) is 0 Å². The molecule has 6 nitrogen and oxygen atoms in total. The normalized spacial score (nSPS) is 18.4. The molecule has 2 heterocycles. The van der Waals surface area contributed by atoms with Crippen molar-refractivity contribution in [1.29, 1.82) is 0 Å². The summed E-state index contributed by atoms with van der Waals surface area (Å²) < 4.78 is 0. The van der Waals surface area contributed by atoms with E-state index in [0.29, 0.717) is 6.54 Å². The summed E-state index contributed by atoms with van der Waals surface area (Å²) in [6.45, 7) is 10.2. The Morgan fingerprint density at radius 2 is 1.72 bits per heavy atom. The summed E-state index contributed by atoms with van der Waals surface area (Å²) in [5, 5.41) is 0. The van der Waals surface area contributed by atoms with Crippen molar-refractivity contribution in [3.8, 4) is 0 Å². The van der Waals surface area contributed by atoms with Gasteiger partial charge < -0.3 is 26.2 Å². The molecule has 0 amide bonds. The topological polar surface area (TPSA) is 74.1 Å². The fraction of sp³-hybridized carbons (Fsp3) is 0.609. The van der Waals surface area contributed by atoms with E-state index in [1.165, 1.54) is 5.69 Å². The standard InChI is InChI=1S/C23H38N6/c1-4-6-8-22-26-17-21(25)23(29(22)11-7-5-2)19-16-18(9-10-20(19)24)28-14-12-27(3)13-15-28/h9-10,16H,4-8,11-15,17,24-25H2,1-3H3. The van der Waals surface area contributed by atoms with E-state index in [2.05, 4.69) is 47.7 Å². The van der Waals surface area contributed by atoms with Crippen LogP contribution in [0.5, 0.6) is 0 Å². The van der Waals surface area contributed by atoms with Crippen LogP contribution in [-0.4, -0.2) is 62.0 Å². The van der Waals surface area contributed by atoms with Gasteiger partial charge in [-0.2, -0.15) is 0 Å². The van der Waals surface area contributed by atoms with Gasteiger partial charge in [-0.25, -0.2) is 0 Å². The minimum absolute atomic E-state index is 0.565. The second-order valence-corrected chi connectivity index (χ2v) is 8.28. The molecule has 0 unspecified atom stereocenters. The molecule has 4 N–H and O–H groups in total. The monoisotopic (exact) mass is 398 g/mol. The summed E-state index contributed by atoms with van der Waals surface area (Å²) in [6.07, 6.45) is 5.55. The number of nitrogens with two attached hydrogens (primary N) is 2. The summed E-state index contributed by atoms with van der Waals surface area (Å²) in [5.41, 5.74) is 18.0. The van der Waals surface area contributed by atoms with E-state index < -0.39 is 0 Å². The number of nitrogen functional groups attached to an aromatic ring is 1. The van der Waals surface area contributed by atoms with Gasteiger partial charge in [-0.05, 0) is 38.1 Å². The lowest BCUT2D eigenvalue weighted by atomic mass is 10.0. The lowest BCUT2D eigenvalue weighted by molar-refractivity contribution is 0.313. The highest BCUT2D eigenvalue weighted by Crippen LogP contribution is 2.34. The largest absolute Gasteiger partial charge is 0.399 e. The maximum absolute atomic E-state index is 6.53. The van der Waals surface area contributed by atoms with Crippen LogP contribution in [0.25, 0.3) is 5.70 Å². The zero-order chi connectivity index (χ0) is 20.8. The molecule has 0 aromatic heterocycles. The molecule has 1 aromatic carbocycles. The van der Waals surface area contributed by atoms with Crippen LogP contribution in [0.3, 0.4) is 0 Å². The fourth-order valence-corrected chi connectivity index (χ4v) is 4.07. The first-order valence-corrected chi connectivity index (χ1v) is 11.2. The van der Waals surface area contributed by atoms with Crippen molar-refractivity contribution in [1.82, 2.24) is 9.80 Å². The van der Waals surface area contributed by atoms with Crippen molar-refractivity contribution >= 4 is 22.9 Å². The molecule has 3 rings (SSSR count). The predicted octanol–water partition coefficient (Wildman–Crippen LogP) is 3.35. The van der Waals surface area contributed by atoms with Crippen molar-refractivity contribution in [3.05, 3.63) is 29.5 Å². The first-order chi connectivity index (χ1) is 14.0. The van der Waals surface area contributed by atoms with Crippen molar-refractivity contribution < 1.29 is 0 Å². The van der Waals surface area contributed by atoms with Gasteiger partial charge in [-0.1, -0.05) is 26.7 Å². The van der Waals surface area contributed by atoms with Crippen LogP contribution in [0.1, 0.15) is 51.5 Å². The molecule has 1 fully saturated rings. The number of anilines is 2. The number of unbranched alkanes of at least 4 members (excludes halogenated alkanes) is 2. The molecule has 0 bridgehead atoms. The zero-order valence-corrected chi connectivity index (χ0v) is 18.5. The summed E-state index contributed by atoms with van der Waals surface area (Å²) >= 11 is 0. The van der Waals surface area contributed by atoms with Crippen molar-refractivity contribution in [2.24, 2.45) is 10.7 Å². The van der Waals surface area contributed by atoms with Gasteiger partial charge in [-0.3, -0.25) is 4.99 Å². The predicted molar refractivity (Wildman–Crippen MR) is 125 cm³/mol. The quantitative estimate of drug-likeness (QED) is 0.657. The summed E-state index contributed by atoms with van der Waals surface area (Å²) in [4.78, 5) is 12.0. The Kier molecular flexibility index (Phi) is 7.42. The van der Waals surface area contributed by atoms with Gasteiger partial charge in [0.05, 0.1) is 17.9 Å². The third-order valence-electron chi connectivity index (χ3n) is 5.97. The molecule has 1 aromatic rings. The Morgan fingerprint density at radius 1 is 1.00 bits per heavy atom. The van der Waals surface area contributed by atoms with Crippen molar-refractivity contribution in [3.63, 3.8) is 0 Å². The van der Waals surface area contributed by atoms with Crippen LogP contribution in [0.4, 0.5) is 11.4 Å². The highest BCUT2D eigenvalue weighted by Gasteiger charge is 2.26. The number of benzene rings is 1. The fourth-order valence-electron chi connectivity index (χ4n) is 4.07. The van der Waals surface area contributed by atoms with Crippen molar-refractivity contribution in [2.45, 2.75) is 46.0 Å². The highest BCUT2D eigenvalue weighted by molar-refractivity contribution is 5.95. The highest BCUT2D eigenvalue weighted by atomic mass is 15.3. The second kappa shape index (κ2) is 10.0. The Balaban J connectivity index is 1.93. The van der Waals surface area contributed by atoms with E-state index in [4.69, 9.17) is 16.5 Å². The number of hydrogen-bond acceptors (Lipinski definition) is 6. The molecule has 160 valence electrons. The van der Waals surface area contributed by atoms with Gasteiger partial charge in [0.15, 0.2) is 0 Å². The van der Waals surface area contributed by atoms with Gasteiger partial charge >= 0.3 is 0 Å². The number of hydrogen-bond donors (Lipinski definition) is 2. The van der Waals surface area contributed by atoms with Crippen LogP contribution < -0.4 is 16.4 Å². The van der Waals surface area contributed by atoms with E-state index >= 15 is 0 Å². The zero-order valence-electron chi connectivity index (χ0n) is 18.5. The number of piperazine rings is 1. The number of likely N-dealkylation sites (N-methyl/N-ethyl adjacent to an activating group) is 1. The van der Waals surface area contributed by atoms with E-state index in [-0.39, 0.29) is 0 Å². The number of aliphatic imine (C=N–C) groups is 1. The third kappa shape index (κ3) is 5.04. The molecular formula is C23H38N6. The smallest absolute Gasteiger partial charge is 0.104 e. The average Bonchev–Trinajstić information content (AvgIpc) is 2.73. The summed E-state index contributed by atoms with van der Waals surface area (Å²) in [6, 6.07) is 6.43. The molecule has 0 radical (unpaired) electrons. The Labute approximate surface area is 176 Å². The van der Waals surface area contributed by atoms with Crippen molar-refractivity contribution in [2.75, 3.05) is 56.9 Å². The van der Waals surface area contributed by atoms with E-state index in [1.807, 2.05) is 6.07 Å². The average molecular weight is 399 g/mol. The van der Waals surface area contributed by atoms with Gasteiger partial charge in [0.2, 0.25) is 0 Å². The first-order valence-electron chi connectivity index (χ1n) is 11.2. The Morgan fingerprint density at radius 3 is 2.41 bits per heavy atom. The second-order valence-electron chi connectivity index (χ2n) is 8.28. The first kappa shape index (κ1) is 21.5. The molecule has 0 aliphatic carbocycles. The van der Waals surface area contributed by atoms with Gasteiger partial charge in [0, 0.05) is 56.1 Å². The van der Waals surface area contributed by atoms with Crippen LogP contribution in [0.2, 0.25) is 0 Å². The third-order valence-corrected chi connectivity index (χ3v) is 5.97.